The molecule has 0 bridgehead atoms. The Labute approximate surface area is 98.2 Å². The summed E-state index contributed by atoms with van der Waals surface area (Å²) in [5, 5.41) is 0. The molecule has 0 aromatic carbocycles. The van der Waals surface area contributed by atoms with Crippen molar-refractivity contribution in [2.75, 3.05) is 26.9 Å². The largest absolute Gasteiger partial charge is 0.385 e. The van der Waals surface area contributed by atoms with Gasteiger partial charge in [0.2, 0.25) is 0 Å². The number of nitrogens with zero attached hydrogens (tertiary/aromatic N) is 1. The number of hydrogen-bond donors (Lipinski definition) is 1. The Bertz CT molecular complexity index is 218. The summed E-state index contributed by atoms with van der Waals surface area (Å²) in [5.41, 5.74) is 5.79. The predicted octanol–water partition coefficient (Wildman–Crippen LogP) is 1.73. The molecule has 4 heteroatoms. The van der Waals surface area contributed by atoms with Crippen LogP contribution in [0.25, 0.3) is 0 Å². The lowest BCUT2D eigenvalue weighted by molar-refractivity contribution is -0.0120. The molecule has 0 saturated heterocycles. The van der Waals surface area contributed by atoms with Gasteiger partial charge in [-0.2, -0.15) is 0 Å². The van der Waals surface area contributed by atoms with Crippen LogP contribution in [0.3, 0.4) is 0 Å². The van der Waals surface area contributed by atoms with Gasteiger partial charge < -0.3 is 15.2 Å². The minimum absolute atomic E-state index is 0.291. The molecule has 0 radical (unpaired) electrons. The summed E-state index contributed by atoms with van der Waals surface area (Å²) in [6.45, 7) is 3.94. The van der Waals surface area contributed by atoms with Crippen molar-refractivity contribution < 1.29 is 9.47 Å². The maximum Gasteiger partial charge on any atom is 0.126 e. The predicted molar refractivity (Wildman–Crippen MR) is 65.8 cm³/mol. The number of aliphatic imine (C=N–C) groups is 1. The highest BCUT2D eigenvalue weighted by Crippen LogP contribution is 2.31. The highest BCUT2D eigenvalue weighted by atomic mass is 16.5. The van der Waals surface area contributed by atoms with Gasteiger partial charge in [-0.05, 0) is 19.8 Å². The first-order valence-electron chi connectivity index (χ1n) is 6.18. The van der Waals surface area contributed by atoms with E-state index in [1.165, 1.54) is 19.3 Å². The van der Waals surface area contributed by atoms with E-state index >= 15 is 0 Å². The van der Waals surface area contributed by atoms with Gasteiger partial charge in [-0.3, -0.25) is 4.99 Å². The topological polar surface area (TPSA) is 56.8 Å². The first-order chi connectivity index (χ1) is 7.75. The first-order valence-corrected chi connectivity index (χ1v) is 6.18. The molecule has 0 aromatic rings. The van der Waals surface area contributed by atoms with Gasteiger partial charge in [0.1, 0.15) is 11.4 Å². The SMILES string of the molecule is CCOC1(C(N)=NCCOC)CCCCC1. The van der Waals surface area contributed by atoms with Crippen molar-refractivity contribution in [3.8, 4) is 0 Å². The van der Waals surface area contributed by atoms with Gasteiger partial charge in [-0.25, -0.2) is 0 Å². The molecule has 1 rings (SSSR count). The van der Waals surface area contributed by atoms with Crippen molar-refractivity contribution in [3.63, 3.8) is 0 Å². The second-order valence-corrected chi connectivity index (χ2v) is 4.25. The van der Waals surface area contributed by atoms with Gasteiger partial charge in [0.25, 0.3) is 0 Å². The molecule has 0 atom stereocenters. The number of amidine groups is 1. The maximum atomic E-state index is 6.08. The highest BCUT2D eigenvalue weighted by molar-refractivity contribution is 5.89. The Morgan fingerprint density at radius 3 is 2.56 bits per heavy atom. The molecular formula is C12H24N2O2. The van der Waals surface area contributed by atoms with Crippen molar-refractivity contribution in [3.05, 3.63) is 0 Å². The molecule has 0 aliphatic heterocycles. The minimum atomic E-state index is -0.291. The van der Waals surface area contributed by atoms with Crippen molar-refractivity contribution >= 4 is 5.84 Å². The lowest BCUT2D eigenvalue weighted by atomic mass is 9.83. The van der Waals surface area contributed by atoms with Crippen LogP contribution < -0.4 is 5.73 Å². The molecule has 4 nitrogen and oxygen atoms in total. The molecule has 16 heavy (non-hydrogen) atoms. The fourth-order valence-electron chi connectivity index (χ4n) is 2.28. The molecule has 0 amide bonds. The van der Waals surface area contributed by atoms with E-state index < -0.39 is 0 Å². The Balaban J connectivity index is 2.63. The third-order valence-corrected chi connectivity index (χ3v) is 3.13. The minimum Gasteiger partial charge on any atom is -0.385 e. The monoisotopic (exact) mass is 228 g/mol. The molecule has 1 aliphatic carbocycles. The number of nitrogens with two attached hydrogens (primary N) is 1. The Morgan fingerprint density at radius 1 is 1.31 bits per heavy atom. The van der Waals surface area contributed by atoms with Crippen LogP contribution in [0.15, 0.2) is 4.99 Å². The molecule has 0 heterocycles. The summed E-state index contributed by atoms with van der Waals surface area (Å²) >= 11 is 0. The zero-order valence-electron chi connectivity index (χ0n) is 10.5. The van der Waals surface area contributed by atoms with Crippen molar-refractivity contribution in [1.29, 1.82) is 0 Å². The van der Waals surface area contributed by atoms with Crippen molar-refractivity contribution in [1.82, 2.24) is 0 Å². The molecule has 1 aliphatic rings. The summed E-state index contributed by atoms with van der Waals surface area (Å²) in [4.78, 5) is 4.37. The van der Waals surface area contributed by atoms with Crippen LogP contribution in [0.5, 0.6) is 0 Å². The van der Waals surface area contributed by atoms with E-state index in [4.69, 9.17) is 15.2 Å². The van der Waals surface area contributed by atoms with Crippen LogP contribution in [0.4, 0.5) is 0 Å². The molecule has 0 unspecified atom stereocenters. The summed E-state index contributed by atoms with van der Waals surface area (Å²) in [6, 6.07) is 0. The van der Waals surface area contributed by atoms with Crippen LogP contribution in [-0.2, 0) is 9.47 Å². The van der Waals surface area contributed by atoms with Crippen LogP contribution in [0.2, 0.25) is 0 Å². The van der Waals surface area contributed by atoms with E-state index in [-0.39, 0.29) is 5.60 Å². The van der Waals surface area contributed by atoms with Crippen molar-refractivity contribution in [2.45, 2.75) is 44.6 Å². The lowest BCUT2D eigenvalue weighted by Crippen LogP contribution is -2.48. The number of methoxy groups -OCH3 is 1. The smallest absolute Gasteiger partial charge is 0.126 e. The molecule has 2 N–H and O–H groups in total. The number of rotatable bonds is 6. The zero-order chi connectivity index (χ0) is 11.9. The second-order valence-electron chi connectivity index (χ2n) is 4.25. The third-order valence-electron chi connectivity index (χ3n) is 3.13. The maximum absolute atomic E-state index is 6.08. The van der Waals surface area contributed by atoms with Crippen LogP contribution in [0.1, 0.15) is 39.0 Å². The normalized spacial score (nSPS) is 21.0. The van der Waals surface area contributed by atoms with Crippen LogP contribution in [0, 0.1) is 0 Å². The molecular weight excluding hydrogens is 204 g/mol. The molecule has 94 valence electrons. The van der Waals surface area contributed by atoms with E-state index in [1.54, 1.807) is 7.11 Å². The number of hydrogen-bond acceptors (Lipinski definition) is 3. The fraction of sp³-hybridized carbons (Fsp3) is 0.917. The van der Waals surface area contributed by atoms with E-state index in [9.17, 15) is 0 Å². The second kappa shape index (κ2) is 6.86. The van der Waals surface area contributed by atoms with Gasteiger partial charge in [0.05, 0.1) is 13.2 Å². The van der Waals surface area contributed by atoms with E-state index in [2.05, 4.69) is 4.99 Å². The first kappa shape index (κ1) is 13.5. The van der Waals surface area contributed by atoms with Gasteiger partial charge in [0, 0.05) is 13.7 Å². The van der Waals surface area contributed by atoms with E-state index in [0.717, 1.165) is 12.8 Å². The van der Waals surface area contributed by atoms with E-state index in [1.807, 2.05) is 6.92 Å². The quantitative estimate of drug-likeness (QED) is 0.428. The van der Waals surface area contributed by atoms with Crippen molar-refractivity contribution in [2.24, 2.45) is 10.7 Å². The Kier molecular flexibility index (Phi) is 5.77. The average Bonchev–Trinajstić information content (AvgIpc) is 2.31. The standard InChI is InChI=1S/C12H24N2O2/c1-3-16-12(7-5-4-6-8-12)11(13)14-9-10-15-2/h3-10H2,1-2H3,(H2,13,14). The number of ether oxygens (including phenoxy) is 2. The summed E-state index contributed by atoms with van der Waals surface area (Å²) in [6.07, 6.45) is 5.65. The lowest BCUT2D eigenvalue weighted by Gasteiger charge is -2.36. The van der Waals surface area contributed by atoms with E-state index in [0.29, 0.717) is 25.6 Å². The fourth-order valence-corrected chi connectivity index (χ4v) is 2.28. The van der Waals surface area contributed by atoms with Gasteiger partial charge in [-0.15, -0.1) is 0 Å². The molecule has 0 aromatic heterocycles. The summed E-state index contributed by atoms with van der Waals surface area (Å²) in [7, 11) is 1.67. The van der Waals surface area contributed by atoms with Gasteiger partial charge >= 0.3 is 0 Å². The average molecular weight is 228 g/mol. The highest BCUT2D eigenvalue weighted by Gasteiger charge is 2.36. The molecule has 1 saturated carbocycles. The Hall–Kier alpha value is -0.610. The van der Waals surface area contributed by atoms with Gasteiger partial charge in [-0.1, -0.05) is 19.3 Å². The summed E-state index contributed by atoms with van der Waals surface area (Å²) < 4.78 is 10.8. The Morgan fingerprint density at radius 2 is 2.00 bits per heavy atom. The van der Waals surface area contributed by atoms with Crippen LogP contribution >= 0.6 is 0 Å². The summed E-state index contributed by atoms with van der Waals surface area (Å²) in [5.74, 6) is 0.658. The zero-order valence-corrected chi connectivity index (χ0v) is 10.5. The molecule has 1 fully saturated rings. The van der Waals surface area contributed by atoms with Crippen LogP contribution in [-0.4, -0.2) is 38.3 Å². The molecule has 0 spiro atoms. The third kappa shape index (κ3) is 3.46. The van der Waals surface area contributed by atoms with Gasteiger partial charge in [0.15, 0.2) is 0 Å².